The largest absolute Gasteiger partial charge is 0.335 e. The molecule has 128 valence electrons. The highest BCUT2D eigenvalue weighted by Crippen LogP contribution is 2.30. The van der Waals surface area contributed by atoms with E-state index in [-0.39, 0.29) is 30.0 Å². The number of nitrogens with zero attached hydrogens (tertiary/aromatic N) is 1. The predicted octanol–water partition coefficient (Wildman–Crippen LogP) is 3.17. The zero-order valence-corrected chi connectivity index (χ0v) is 14.4. The number of benzene rings is 1. The lowest BCUT2D eigenvalue weighted by Gasteiger charge is -2.30. The molecule has 3 rings (SSSR count). The Balaban J connectivity index is 0.00000192. The first-order valence-electron chi connectivity index (χ1n) is 8.43. The molecule has 1 aromatic carbocycles. The SMILES string of the molecule is CC(CCc1ccccc1F)C(=O)N1C2CCNCC1CC2.Cl. The Bertz CT molecular complexity index is 526. The van der Waals surface area contributed by atoms with Gasteiger partial charge in [0.25, 0.3) is 0 Å². The van der Waals surface area contributed by atoms with Crippen molar-refractivity contribution in [2.75, 3.05) is 13.1 Å². The second kappa shape index (κ2) is 8.11. The lowest BCUT2D eigenvalue weighted by atomic mass is 9.98. The predicted molar refractivity (Wildman–Crippen MR) is 92.3 cm³/mol. The van der Waals surface area contributed by atoms with Crippen LogP contribution < -0.4 is 5.32 Å². The third-order valence-electron chi connectivity index (χ3n) is 5.13. The van der Waals surface area contributed by atoms with Gasteiger partial charge in [0.15, 0.2) is 0 Å². The van der Waals surface area contributed by atoms with Crippen LogP contribution in [-0.2, 0) is 11.2 Å². The minimum Gasteiger partial charge on any atom is -0.335 e. The highest BCUT2D eigenvalue weighted by Gasteiger charge is 2.39. The van der Waals surface area contributed by atoms with Gasteiger partial charge < -0.3 is 10.2 Å². The van der Waals surface area contributed by atoms with E-state index >= 15 is 0 Å². The average molecular weight is 341 g/mol. The number of carbonyl (C=O) groups is 1. The molecule has 3 unspecified atom stereocenters. The lowest BCUT2D eigenvalue weighted by Crippen LogP contribution is -2.45. The highest BCUT2D eigenvalue weighted by molar-refractivity contribution is 5.85. The van der Waals surface area contributed by atoms with E-state index in [4.69, 9.17) is 0 Å². The van der Waals surface area contributed by atoms with Crippen LogP contribution in [0, 0.1) is 11.7 Å². The van der Waals surface area contributed by atoms with Gasteiger partial charge >= 0.3 is 0 Å². The van der Waals surface area contributed by atoms with Gasteiger partial charge in [-0.1, -0.05) is 25.1 Å². The molecule has 1 aromatic rings. The van der Waals surface area contributed by atoms with E-state index in [1.807, 2.05) is 19.1 Å². The smallest absolute Gasteiger partial charge is 0.225 e. The molecule has 2 saturated heterocycles. The zero-order chi connectivity index (χ0) is 15.5. The second-order valence-corrected chi connectivity index (χ2v) is 6.65. The molecule has 23 heavy (non-hydrogen) atoms. The van der Waals surface area contributed by atoms with E-state index < -0.39 is 0 Å². The van der Waals surface area contributed by atoms with Crippen molar-refractivity contribution in [2.24, 2.45) is 5.92 Å². The number of carbonyl (C=O) groups excluding carboxylic acids is 1. The zero-order valence-electron chi connectivity index (χ0n) is 13.6. The van der Waals surface area contributed by atoms with Gasteiger partial charge in [0.2, 0.25) is 5.91 Å². The molecule has 2 bridgehead atoms. The third-order valence-corrected chi connectivity index (χ3v) is 5.13. The molecule has 2 aliphatic rings. The number of fused-ring (bicyclic) bond motifs is 2. The van der Waals surface area contributed by atoms with Crippen LogP contribution in [0.15, 0.2) is 24.3 Å². The summed E-state index contributed by atoms with van der Waals surface area (Å²) in [6.07, 6.45) is 4.65. The number of aryl methyl sites for hydroxylation is 1. The summed E-state index contributed by atoms with van der Waals surface area (Å²) in [5.41, 5.74) is 0.711. The Hall–Kier alpha value is -1.13. The maximum atomic E-state index is 13.7. The molecular weight excluding hydrogens is 315 g/mol. The molecule has 0 radical (unpaired) electrons. The Morgan fingerprint density at radius 2 is 2.04 bits per heavy atom. The fraction of sp³-hybridized carbons (Fsp3) is 0.611. The van der Waals surface area contributed by atoms with Crippen molar-refractivity contribution in [1.82, 2.24) is 10.2 Å². The number of amides is 1. The van der Waals surface area contributed by atoms with Gasteiger partial charge in [0, 0.05) is 24.5 Å². The molecular formula is C18H26ClFN2O. The topological polar surface area (TPSA) is 32.3 Å². The molecule has 2 aliphatic heterocycles. The van der Waals surface area contributed by atoms with Crippen molar-refractivity contribution in [3.05, 3.63) is 35.6 Å². The fourth-order valence-electron chi connectivity index (χ4n) is 3.79. The summed E-state index contributed by atoms with van der Waals surface area (Å²) >= 11 is 0. The first-order chi connectivity index (χ1) is 10.7. The van der Waals surface area contributed by atoms with Crippen LogP contribution in [0.3, 0.4) is 0 Å². The van der Waals surface area contributed by atoms with Crippen LogP contribution >= 0.6 is 12.4 Å². The number of hydrogen-bond donors (Lipinski definition) is 1. The monoisotopic (exact) mass is 340 g/mol. The van der Waals surface area contributed by atoms with Crippen molar-refractivity contribution < 1.29 is 9.18 Å². The van der Waals surface area contributed by atoms with E-state index in [9.17, 15) is 9.18 Å². The molecule has 3 nitrogen and oxygen atoms in total. The maximum absolute atomic E-state index is 13.7. The summed E-state index contributed by atoms with van der Waals surface area (Å²) < 4.78 is 13.7. The van der Waals surface area contributed by atoms with E-state index in [1.165, 1.54) is 6.07 Å². The molecule has 2 heterocycles. The van der Waals surface area contributed by atoms with Gasteiger partial charge in [0.1, 0.15) is 5.82 Å². The van der Waals surface area contributed by atoms with Gasteiger partial charge in [-0.25, -0.2) is 4.39 Å². The summed E-state index contributed by atoms with van der Waals surface area (Å²) in [6, 6.07) is 7.62. The quantitative estimate of drug-likeness (QED) is 0.913. The molecule has 0 aliphatic carbocycles. The number of rotatable bonds is 4. The van der Waals surface area contributed by atoms with E-state index in [0.717, 1.165) is 32.4 Å². The van der Waals surface area contributed by atoms with E-state index in [1.54, 1.807) is 6.07 Å². The van der Waals surface area contributed by atoms with Crippen LogP contribution in [0.5, 0.6) is 0 Å². The van der Waals surface area contributed by atoms with Gasteiger partial charge in [-0.15, -0.1) is 12.4 Å². The van der Waals surface area contributed by atoms with Crippen molar-refractivity contribution in [1.29, 1.82) is 0 Å². The van der Waals surface area contributed by atoms with Gasteiger partial charge in [-0.3, -0.25) is 4.79 Å². The number of halogens is 2. The first-order valence-corrected chi connectivity index (χ1v) is 8.43. The van der Waals surface area contributed by atoms with Crippen molar-refractivity contribution in [3.8, 4) is 0 Å². The summed E-state index contributed by atoms with van der Waals surface area (Å²) in [5.74, 6) is 0.0505. The minimum atomic E-state index is -0.166. The fourth-order valence-corrected chi connectivity index (χ4v) is 3.79. The van der Waals surface area contributed by atoms with Crippen molar-refractivity contribution >= 4 is 18.3 Å². The maximum Gasteiger partial charge on any atom is 0.225 e. The van der Waals surface area contributed by atoms with E-state index in [2.05, 4.69) is 10.2 Å². The highest BCUT2D eigenvalue weighted by atomic mass is 35.5. The van der Waals surface area contributed by atoms with Gasteiger partial charge in [-0.05, 0) is 50.3 Å². The molecule has 5 heteroatoms. The second-order valence-electron chi connectivity index (χ2n) is 6.65. The summed E-state index contributed by atoms with van der Waals surface area (Å²) in [7, 11) is 0. The van der Waals surface area contributed by atoms with Crippen LogP contribution in [-0.4, -0.2) is 36.0 Å². The van der Waals surface area contributed by atoms with E-state index in [0.29, 0.717) is 30.5 Å². The molecule has 0 spiro atoms. The van der Waals surface area contributed by atoms with Crippen LogP contribution in [0.2, 0.25) is 0 Å². The Morgan fingerprint density at radius 3 is 2.83 bits per heavy atom. The average Bonchev–Trinajstić information content (AvgIpc) is 2.78. The molecule has 3 atom stereocenters. The summed E-state index contributed by atoms with van der Waals surface area (Å²) in [5, 5.41) is 3.42. The Labute approximate surface area is 144 Å². The van der Waals surface area contributed by atoms with Crippen LogP contribution in [0.4, 0.5) is 4.39 Å². The molecule has 0 saturated carbocycles. The Kier molecular flexibility index (Phi) is 6.42. The lowest BCUT2D eigenvalue weighted by molar-refractivity contribution is -0.137. The van der Waals surface area contributed by atoms with Gasteiger partial charge in [-0.2, -0.15) is 0 Å². The van der Waals surface area contributed by atoms with Crippen molar-refractivity contribution in [2.45, 2.75) is 51.1 Å². The van der Waals surface area contributed by atoms with Crippen LogP contribution in [0.25, 0.3) is 0 Å². The molecule has 0 aromatic heterocycles. The summed E-state index contributed by atoms with van der Waals surface area (Å²) in [6.45, 7) is 3.91. The summed E-state index contributed by atoms with van der Waals surface area (Å²) in [4.78, 5) is 15.0. The van der Waals surface area contributed by atoms with Crippen molar-refractivity contribution in [3.63, 3.8) is 0 Å². The molecule has 2 fully saturated rings. The minimum absolute atomic E-state index is 0. The van der Waals surface area contributed by atoms with Gasteiger partial charge in [0.05, 0.1) is 0 Å². The number of nitrogens with one attached hydrogen (secondary N) is 1. The first kappa shape index (κ1) is 18.2. The standard InChI is InChI=1S/C18H25FN2O.ClH/c1-13(6-7-14-4-2-3-5-17(14)19)18(22)21-15-8-9-16(21)12-20-11-10-15;/h2-5,13,15-16,20H,6-12H2,1H3;1H. The third kappa shape index (κ3) is 4.04. The molecule has 1 N–H and O–H groups in total. The van der Waals surface area contributed by atoms with Crippen LogP contribution in [0.1, 0.15) is 38.2 Å². The number of hydrogen-bond acceptors (Lipinski definition) is 2. The Morgan fingerprint density at radius 1 is 1.30 bits per heavy atom. The normalized spacial score (nSPS) is 24.7. The molecule has 1 amide bonds.